The van der Waals surface area contributed by atoms with Crippen molar-refractivity contribution in [2.24, 2.45) is 0 Å². The molecule has 0 amide bonds. The first-order valence-corrected chi connectivity index (χ1v) is 6.82. The molecule has 2 aromatic rings. The van der Waals surface area contributed by atoms with Crippen molar-refractivity contribution in [2.45, 2.75) is 18.8 Å². The van der Waals surface area contributed by atoms with Crippen molar-refractivity contribution < 1.29 is 14.6 Å². The lowest BCUT2D eigenvalue weighted by Crippen LogP contribution is -2.13. The highest BCUT2D eigenvalue weighted by Crippen LogP contribution is 2.26. The van der Waals surface area contributed by atoms with Crippen molar-refractivity contribution in [3.05, 3.63) is 59.7 Å². The second-order valence-corrected chi connectivity index (χ2v) is 4.90. The van der Waals surface area contributed by atoms with Crippen LogP contribution in [0, 0.1) is 0 Å². The quantitative estimate of drug-likeness (QED) is 0.800. The zero-order valence-electron chi connectivity index (χ0n) is 12.0. The molecule has 2 aromatic carbocycles. The molecule has 2 rings (SSSR count). The lowest BCUT2D eigenvalue weighted by atomic mass is 9.92. The molecule has 0 saturated carbocycles. The Morgan fingerprint density at radius 2 is 1.95 bits per heavy atom. The number of nitrogen functional groups attached to an aromatic ring is 1. The molecule has 3 N–H and O–H groups in total. The van der Waals surface area contributed by atoms with E-state index < -0.39 is 11.9 Å². The van der Waals surface area contributed by atoms with Gasteiger partial charge in [0.05, 0.1) is 13.0 Å². The van der Waals surface area contributed by atoms with Crippen molar-refractivity contribution in [1.82, 2.24) is 0 Å². The van der Waals surface area contributed by atoms with Gasteiger partial charge in [0, 0.05) is 5.69 Å². The predicted octanol–water partition coefficient (Wildman–Crippen LogP) is 3.08. The van der Waals surface area contributed by atoms with E-state index in [4.69, 9.17) is 10.5 Å². The average Bonchev–Trinajstić information content (AvgIpc) is 2.50. The van der Waals surface area contributed by atoms with Crippen molar-refractivity contribution >= 4 is 11.7 Å². The summed E-state index contributed by atoms with van der Waals surface area (Å²) in [6.45, 7) is 0. The van der Waals surface area contributed by atoms with Crippen LogP contribution in [-0.4, -0.2) is 18.2 Å². The number of aryl methyl sites for hydroxylation is 1. The van der Waals surface area contributed by atoms with E-state index in [-0.39, 0.29) is 0 Å². The van der Waals surface area contributed by atoms with Crippen molar-refractivity contribution in [1.29, 1.82) is 0 Å². The third-order valence-electron chi connectivity index (χ3n) is 3.55. The number of rotatable bonds is 6. The minimum atomic E-state index is -0.817. The van der Waals surface area contributed by atoms with E-state index in [1.54, 1.807) is 19.2 Å². The summed E-state index contributed by atoms with van der Waals surface area (Å²) in [5, 5.41) is 9.42. The van der Waals surface area contributed by atoms with Gasteiger partial charge in [0.25, 0.3) is 0 Å². The Morgan fingerprint density at radius 1 is 1.24 bits per heavy atom. The monoisotopic (exact) mass is 285 g/mol. The number of ether oxygens (including phenoxy) is 1. The van der Waals surface area contributed by atoms with E-state index >= 15 is 0 Å². The van der Waals surface area contributed by atoms with Crippen molar-refractivity contribution in [2.75, 3.05) is 12.8 Å². The molecule has 0 heterocycles. The molecule has 1 atom stereocenters. The number of carbonyl (C=O) groups is 1. The SMILES string of the molecule is COc1ccc(N)c(CC[C@@H](C(=O)O)c2ccccc2)c1. The summed E-state index contributed by atoms with van der Waals surface area (Å²) in [5.74, 6) is -0.620. The molecule has 0 bridgehead atoms. The highest BCUT2D eigenvalue weighted by atomic mass is 16.5. The third-order valence-corrected chi connectivity index (χ3v) is 3.55. The largest absolute Gasteiger partial charge is 0.497 e. The Hall–Kier alpha value is -2.49. The molecule has 4 heteroatoms. The molecule has 0 spiro atoms. The Kier molecular flexibility index (Phi) is 4.82. The van der Waals surface area contributed by atoms with E-state index in [9.17, 15) is 9.90 Å². The molecule has 0 unspecified atom stereocenters. The minimum absolute atomic E-state index is 0.497. The number of hydrogen-bond donors (Lipinski definition) is 2. The van der Waals surface area contributed by atoms with Gasteiger partial charge in [-0.3, -0.25) is 4.79 Å². The standard InChI is InChI=1S/C17H19NO3/c1-21-14-8-10-16(18)13(11-14)7-9-15(17(19)20)12-5-3-2-4-6-12/h2-6,8,10-11,15H,7,9,18H2,1H3,(H,19,20)/t15-/m1/s1. The maximum absolute atomic E-state index is 11.5. The van der Waals surface area contributed by atoms with E-state index in [0.717, 1.165) is 16.9 Å². The maximum atomic E-state index is 11.5. The number of methoxy groups -OCH3 is 1. The fourth-order valence-electron chi connectivity index (χ4n) is 2.34. The number of nitrogens with two attached hydrogens (primary N) is 1. The topological polar surface area (TPSA) is 72.5 Å². The van der Waals surface area contributed by atoms with Gasteiger partial charge < -0.3 is 15.6 Å². The summed E-state index contributed by atoms with van der Waals surface area (Å²) in [5.41, 5.74) is 8.33. The van der Waals surface area contributed by atoms with E-state index in [2.05, 4.69) is 0 Å². The van der Waals surface area contributed by atoms with Gasteiger partial charge in [-0.25, -0.2) is 0 Å². The van der Waals surface area contributed by atoms with Gasteiger partial charge in [0.15, 0.2) is 0 Å². The second kappa shape index (κ2) is 6.79. The molecule has 0 radical (unpaired) electrons. The van der Waals surface area contributed by atoms with E-state index in [1.807, 2.05) is 36.4 Å². The van der Waals surface area contributed by atoms with Crippen molar-refractivity contribution in [3.8, 4) is 5.75 Å². The van der Waals surface area contributed by atoms with Crippen LogP contribution in [0.3, 0.4) is 0 Å². The van der Waals surface area contributed by atoms with E-state index in [1.165, 1.54) is 0 Å². The average molecular weight is 285 g/mol. The van der Waals surface area contributed by atoms with Gasteiger partial charge >= 0.3 is 5.97 Å². The van der Waals surface area contributed by atoms with Gasteiger partial charge in [-0.1, -0.05) is 30.3 Å². The number of aliphatic carboxylic acids is 1. The smallest absolute Gasteiger partial charge is 0.310 e. The normalized spacial score (nSPS) is 11.9. The third kappa shape index (κ3) is 3.75. The molecule has 21 heavy (non-hydrogen) atoms. The van der Waals surface area contributed by atoms with Crippen LogP contribution in [0.4, 0.5) is 5.69 Å². The van der Waals surface area contributed by atoms with Crippen molar-refractivity contribution in [3.63, 3.8) is 0 Å². The zero-order valence-corrected chi connectivity index (χ0v) is 12.0. The molecular formula is C17H19NO3. The van der Waals surface area contributed by atoms with Crippen LogP contribution in [0.1, 0.15) is 23.5 Å². The highest BCUT2D eigenvalue weighted by molar-refractivity contribution is 5.76. The molecule has 0 fully saturated rings. The van der Waals surface area contributed by atoms with Crippen LogP contribution in [0.15, 0.2) is 48.5 Å². The van der Waals surface area contributed by atoms with Gasteiger partial charge in [0.1, 0.15) is 5.75 Å². The number of benzene rings is 2. The minimum Gasteiger partial charge on any atom is -0.497 e. The summed E-state index contributed by atoms with van der Waals surface area (Å²) >= 11 is 0. The van der Waals surface area contributed by atoms with Crippen LogP contribution in [0.25, 0.3) is 0 Å². The first-order chi connectivity index (χ1) is 10.1. The summed E-state index contributed by atoms with van der Waals surface area (Å²) in [6.07, 6.45) is 1.09. The Balaban J connectivity index is 2.14. The Bertz CT molecular complexity index is 611. The first kappa shape index (κ1) is 14.9. The van der Waals surface area contributed by atoms with Crippen LogP contribution in [0.2, 0.25) is 0 Å². The van der Waals surface area contributed by atoms with Gasteiger partial charge in [0.2, 0.25) is 0 Å². The van der Waals surface area contributed by atoms with Gasteiger partial charge in [-0.2, -0.15) is 0 Å². The van der Waals surface area contributed by atoms with Gasteiger partial charge in [-0.05, 0) is 42.2 Å². The second-order valence-electron chi connectivity index (χ2n) is 4.90. The Labute approximate surface area is 124 Å². The number of anilines is 1. The highest BCUT2D eigenvalue weighted by Gasteiger charge is 2.19. The summed E-state index contributed by atoms with van der Waals surface area (Å²) < 4.78 is 5.18. The lowest BCUT2D eigenvalue weighted by Gasteiger charge is -2.14. The Morgan fingerprint density at radius 3 is 2.57 bits per heavy atom. The summed E-state index contributed by atoms with van der Waals surface area (Å²) in [6, 6.07) is 14.7. The van der Waals surface area contributed by atoms with Gasteiger partial charge in [-0.15, -0.1) is 0 Å². The fourth-order valence-corrected chi connectivity index (χ4v) is 2.34. The fraction of sp³-hybridized carbons (Fsp3) is 0.235. The summed E-state index contributed by atoms with van der Waals surface area (Å²) in [7, 11) is 1.60. The molecule has 0 aliphatic rings. The zero-order chi connectivity index (χ0) is 15.2. The summed E-state index contributed by atoms with van der Waals surface area (Å²) in [4.78, 5) is 11.5. The maximum Gasteiger partial charge on any atom is 0.310 e. The molecule has 0 aliphatic carbocycles. The van der Waals surface area contributed by atoms with Crippen LogP contribution < -0.4 is 10.5 Å². The van der Waals surface area contributed by atoms with Crippen LogP contribution in [-0.2, 0) is 11.2 Å². The molecule has 0 aliphatic heterocycles. The first-order valence-electron chi connectivity index (χ1n) is 6.82. The van der Waals surface area contributed by atoms with Crippen LogP contribution >= 0.6 is 0 Å². The molecule has 0 aromatic heterocycles. The lowest BCUT2D eigenvalue weighted by molar-refractivity contribution is -0.138. The number of carboxylic acid groups (broad SMARTS) is 1. The van der Waals surface area contributed by atoms with E-state index in [0.29, 0.717) is 18.5 Å². The number of hydrogen-bond acceptors (Lipinski definition) is 3. The molecule has 4 nitrogen and oxygen atoms in total. The predicted molar refractivity (Wildman–Crippen MR) is 82.5 cm³/mol. The van der Waals surface area contributed by atoms with Crippen LogP contribution in [0.5, 0.6) is 5.75 Å². The molecule has 110 valence electrons. The molecular weight excluding hydrogens is 266 g/mol. The molecule has 0 saturated heterocycles. The number of carboxylic acids is 1.